The number of piperidine rings is 1. The average molecular weight is 327 g/mol. The van der Waals surface area contributed by atoms with E-state index in [-0.39, 0.29) is 23.2 Å². The maximum Gasteiger partial charge on any atom is 0.338 e. The fraction of sp³-hybridized carbons (Fsp3) is 0.450. The minimum Gasteiger partial charge on any atom is -0.464 e. The summed E-state index contributed by atoms with van der Waals surface area (Å²) < 4.78 is 11.1. The predicted molar refractivity (Wildman–Crippen MR) is 93.9 cm³/mol. The fourth-order valence-electron chi connectivity index (χ4n) is 3.74. The Morgan fingerprint density at radius 1 is 1.08 bits per heavy atom. The molecule has 1 fully saturated rings. The van der Waals surface area contributed by atoms with Gasteiger partial charge in [-0.2, -0.15) is 0 Å². The first kappa shape index (κ1) is 16.8. The molecular weight excluding hydrogens is 302 g/mol. The van der Waals surface area contributed by atoms with Crippen LogP contribution in [0.3, 0.4) is 0 Å². The maximum atomic E-state index is 12.5. The Labute approximate surface area is 143 Å². The zero-order valence-corrected chi connectivity index (χ0v) is 14.8. The van der Waals surface area contributed by atoms with Crippen LogP contribution in [-0.2, 0) is 4.74 Å². The molecule has 1 aromatic heterocycles. The monoisotopic (exact) mass is 327 g/mol. The number of carbonyl (C=O) groups excluding carboxylic acids is 1. The van der Waals surface area contributed by atoms with Gasteiger partial charge in [-0.25, -0.2) is 4.79 Å². The second-order valence-electron chi connectivity index (χ2n) is 7.88. The maximum absolute atomic E-state index is 12.5. The number of furan rings is 1. The quantitative estimate of drug-likeness (QED) is 0.848. The van der Waals surface area contributed by atoms with Gasteiger partial charge < -0.3 is 14.5 Å². The van der Waals surface area contributed by atoms with Crippen molar-refractivity contribution in [2.45, 2.75) is 57.7 Å². The van der Waals surface area contributed by atoms with E-state index in [1.165, 1.54) is 0 Å². The van der Waals surface area contributed by atoms with E-state index >= 15 is 0 Å². The van der Waals surface area contributed by atoms with Gasteiger partial charge >= 0.3 is 5.97 Å². The Hall–Kier alpha value is -2.07. The molecule has 1 aromatic carbocycles. The van der Waals surface area contributed by atoms with Gasteiger partial charge in [0, 0.05) is 29.5 Å². The van der Waals surface area contributed by atoms with Crippen LogP contribution < -0.4 is 5.32 Å². The van der Waals surface area contributed by atoms with Gasteiger partial charge in [0.25, 0.3) is 0 Å². The summed E-state index contributed by atoms with van der Waals surface area (Å²) in [5.41, 5.74) is 1.42. The molecule has 0 radical (unpaired) electrons. The van der Waals surface area contributed by atoms with Gasteiger partial charge in [0.2, 0.25) is 0 Å². The number of carbonyl (C=O) groups is 1. The van der Waals surface area contributed by atoms with Crippen LogP contribution >= 0.6 is 0 Å². The lowest BCUT2D eigenvalue weighted by Gasteiger charge is -2.45. The number of hydrogen-bond donors (Lipinski definition) is 1. The van der Waals surface area contributed by atoms with Crippen molar-refractivity contribution in [1.82, 2.24) is 5.32 Å². The molecule has 128 valence electrons. The molecule has 0 bridgehead atoms. The van der Waals surface area contributed by atoms with E-state index in [1.807, 2.05) is 24.3 Å². The first-order valence-electron chi connectivity index (χ1n) is 8.38. The third-order valence-corrected chi connectivity index (χ3v) is 4.35. The van der Waals surface area contributed by atoms with Gasteiger partial charge in [0.1, 0.15) is 11.9 Å². The lowest BCUT2D eigenvalue weighted by atomic mass is 9.81. The van der Waals surface area contributed by atoms with Gasteiger partial charge in [-0.05, 0) is 52.0 Å². The van der Waals surface area contributed by atoms with Gasteiger partial charge in [-0.3, -0.25) is 0 Å². The van der Waals surface area contributed by atoms with Gasteiger partial charge in [0.05, 0.1) is 11.8 Å². The van der Waals surface area contributed by atoms with E-state index in [9.17, 15) is 4.79 Å². The van der Waals surface area contributed by atoms with Crippen LogP contribution in [0.2, 0.25) is 0 Å². The lowest BCUT2D eigenvalue weighted by Crippen LogP contribution is -2.59. The highest BCUT2D eigenvalue weighted by molar-refractivity contribution is 5.90. The van der Waals surface area contributed by atoms with E-state index in [0.29, 0.717) is 5.56 Å². The normalized spacial score (nSPS) is 19.8. The largest absolute Gasteiger partial charge is 0.464 e. The molecule has 0 atom stereocenters. The minimum absolute atomic E-state index is 0.0458. The van der Waals surface area contributed by atoms with Crippen LogP contribution in [0.4, 0.5) is 0 Å². The van der Waals surface area contributed by atoms with Crippen molar-refractivity contribution in [2.75, 3.05) is 0 Å². The second-order valence-corrected chi connectivity index (χ2v) is 7.88. The smallest absolute Gasteiger partial charge is 0.338 e. The zero-order valence-electron chi connectivity index (χ0n) is 14.8. The van der Waals surface area contributed by atoms with E-state index in [1.54, 1.807) is 18.4 Å². The number of rotatable bonds is 3. The molecule has 1 aliphatic rings. The third kappa shape index (κ3) is 3.88. The number of ether oxygens (including phenoxy) is 1. The van der Waals surface area contributed by atoms with Gasteiger partial charge in [0.15, 0.2) is 0 Å². The molecule has 24 heavy (non-hydrogen) atoms. The van der Waals surface area contributed by atoms with Crippen LogP contribution in [0.15, 0.2) is 47.1 Å². The Kier molecular flexibility index (Phi) is 4.26. The molecule has 0 saturated carbocycles. The summed E-state index contributed by atoms with van der Waals surface area (Å²) in [7, 11) is 0. The first-order valence-corrected chi connectivity index (χ1v) is 8.38. The van der Waals surface area contributed by atoms with E-state index in [2.05, 4.69) is 33.0 Å². The van der Waals surface area contributed by atoms with Gasteiger partial charge in [-0.15, -0.1) is 0 Å². The summed E-state index contributed by atoms with van der Waals surface area (Å²) in [6.07, 6.45) is 3.19. The molecular formula is C20H25NO3. The molecule has 4 heteroatoms. The van der Waals surface area contributed by atoms with Crippen LogP contribution in [0.25, 0.3) is 11.3 Å². The number of benzene rings is 1. The number of hydrogen-bond acceptors (Lipinski definition) is 4. The molecule has 0 unspecified atom stereocenters. The van der Waals surface area contributed by atoms with E-state index in [0.717, 1.165) is 24.2 Å². The third-order valence-electron chi connectivity index (χ3n) is 4.35. The molecule has 1 aliphatic heterocycles. The Bertz CT molecular complexity index is 683. The Balaban J connectivity index is 1.68. The number of esters is 1. The van der Waals surface area contributed by atoms with Crippen LogP contribution in [0.1, 0.15) is 50.9 Å². The van der Waals surface area contributed by atoms with Crippen molar-refractivity contribution >= 4 is 5.97 Å². The highest BCUT2D eigenvalue weighted by atomic mass is 16.5. The lowest BCUT2D eigenvalue weighted by molar-refractivity contribution is -0.00637. The SMILES string of the molecule is CC1(C)CC(OC(=O)c2ccc(-c3ccco3)cc2)CC(C)(C)N1. The van der Waals surface area contributed by atoms with Gasteiger partial charge in [-0.1, -0.05) is 12.1 Å². The van der Waals surface area contributed by atoms with E-state index < -0.39 is 0 Å². The first-order chi connectivity index (χ1) is 11.2. The van der Waals surface area contributed by atoms with Crippen LogP contribution in [0, 0.1) is 0 Å². The molecule has 2 heterocycles. The molecule has 3 rings (SSSR count). The molecule has 0 spiro atoms. The molecule has 4 nitrogen and oxygen atoms in total. The summed E-state index contributed by atoms with van der Waals surface area (Å²) in [5.74, 6) is 0.524. The second kappa shape index (κ2) is 6.10. The average Bonchev–Trinajstić information content (AvgIpc) is 2.98. The predicted octanol–water partition coefficient (Wildman–Crippen LogP) is 4.41. The van der Waals surface area contributed by atoms with Crippen molar-refractivity contribution < 1.29 is 13.9 Å². The van der Waals surface area contributed by atoms with E-state index in [4.69, 9.17) is 9.15 Å². The Morgan fingerprint density at radius 3 is 2.25 bits per heavy atom. The van der Waals surface area contributed by atoms with Crippen molar-refractivity contribution in [2.24, 2.45) is 0 Å². The standard InChI is InChI=1S/C20H25NO3/c1-19(2)12-16(13-20(3,4)21-19)24-18(22)15-9-7-14(8-10-15)17-6-5-11-23-17/h5-11,16,21H,12-13H2,1-4H3. The van der Waals surface area contributed by atoms with Crippen molar-refractivity contribution in [3.8, 4) is 11.3 Å². The van der Waals surface area contributed by atoms with Crippen LogP contribution in [-0.4, -0.2) is 23.2 Å². The molecule has 0 aliphatic carbocycles. The molecule has 1 N–H and O–H groups in total. The highest BCUT2D eigenvalue weighted by Crippen LogP contribution is 2.31. The molecule has 0 amide bonds. The topological polar surface area (TPSA) is 51.5 Å². The summed E-state index contributed by atoms with van der Waals surface area (Å²) in [5, 5.41) is 3.60. The van der Waals surface area contributed by atoms with Crippen molar-refractivity contribution in [1.29, 1.82) is 0 Å². The summed E-state index contributed by atoms with van der Waals surface area (Å²) >= 11 is 0. The number of nitrogens with one attached hydrogen (secondary N) is 1. The minimum atomic E-state index is -0.264. The summed E-state index contributed by atoms with van der Waals surface area (Å²) in [4.78, 5) is 12.5. The Morgan fingerprint density at radius 2 is 1.71 bits per heavy atom. The molecule has 2 aromatic rings. The van der Waals surface area contributed by atoms with Crippen molar-refractivity contribution in [3.63, 3.8) is 0 Å². The van der Waals surface area contributed by atoms with Crippen LogP contribution in [0.5, 0.6) is 0 Å². The highest BCUT2D eigenvalue weighted by Gasteiger charge is 2.39. The fourth-order valence-corrected chi connectivity index (χ4v) is 3.74. The molecule has 1 saturated heterocycles. The summed E-state index contributed by atoms with van der Waals surface area (Å²) in [6.45, 7) is 8.58. The summed E-state index contributed by atoms with van der Waals surface area (Å²) in [6, 6.07) is 11.1. The zero-order chi connectivity index (χ0) is 17.4. The van der Waals surface area contributed by atoms with Crippen molar-refractivity contribution in [3.05, 3.63) is 48.2 Å².